The van der Waals surface area contributed by atoms with Gasteiger partial charge in [-0.1, -0.05) is 42.5 Å². The van der Waals surface area contributed by atoms with E-state index < -0.39 is 10.0 Å². The van der Waals surface area contributed by atoms with E-state index in [0.717, 1.165) is 30.5 Å². The molecule has 4 rings (SSSR count). The molecule has 1 saturated heterocycles. The highest BCUT2D eigenvalue weighted by Crippen LogP contribution is 2.33. The van der Waals surface area contributed by atoms with Crippen molar-refractivity contribution in [2.75, 3.05) is 18.8 Å². The molecule has 4 nitrogen and oxygen atoms in total. The normalized spacial score (nSPS) is 22.2. The molecular weight excluding hydrogens is 339 g/mol. The molecule has 2 aliphatic heterocycles. The highest BCUT2D eigenvalue weighted by molar-refractivity contribution is 7.90. The van der Waals surface area contributed by atoms with Gasteiger partial charge < -0.3 is 4.90 Å². The Morgan fingerprint density at radius 3 is 2.56 bits per heavy atom. The Hall–Kier alpha value is -2.21. The van der Waals surface area contributed by atoms with Gasteiger partial charge in [-0.25, -0.2) is 12.8 Å². The number of fused-ring (bicyclic) bond motifs is 1. The predicted molar refractivity (Wildman–Crippen MR) is 96.6 cm³/mol. The van der Waals surface area contributed by atoms with Crippen LogP contribution in [0.1, 0.15) is 24.3 Å². The maximum absolute atomic E-state index is 13.9. The van der Waals surface area contributed by atoms with E-state index in [2.05, 4.69) is 9.30 Å². The molecule has 0 aromatic heterocycles. The molecule has 2 aliphatic rings. The van der Waals surface area contributed by atoms with Gasteiger partial charge in [-0.3, -0.25) is 0 Å². The molecule has 2 aromatic carbocycles. The summed E-state index contributed by atoms with van der Waals surface area (Å²) in [5, 5.41) is 0. The van der Waals surface area contributed by atoms with Crippen LogP contribution in [0.2, 0.25) is 0 Å². The van der Waals surface area contributed by atoms with Gasteiger partial charge in [0.2, 0.25) is 0 Å². The van der Waals surface area contributed by atoms with Gasteiger partial charge in [0.05, 0.1) is 5.75 Å². The van der Waals surface area contributed by atoms with Crippen molar-refractivity contribution in [3.8, 4) is 11.1 Å². The zero-order valence-electron chi connectivity index (χ0n) is 13.7. The lowest BCUT2D eigenvalue weighted by molar-refractivity contribution is 0.366. The number of hydrogen-bond donors (Lipinski definition) is 0. The van der Waals surface area contributed by atoms with Crippen molar-refractivity contribution < 1.29 is 12.8 Å². The number of rotatable bonds is 2. The first-order chi connectivity index (χ1) is 12.0. The Bertz CT molecular complexity index is 923. The quantitative estimate of drug-likeness (QED) is 0.827. The maximum atomic E-state index is 13.9. The van der Waals surface area contributed by atoms with Gasteiger partial charge in [0.1, 0.15) is 11.7 Å². The van der Waals surface area contributed by atoms with Crippen LogP contribution in [0, 0.1) is 5.82 Å². The number of halogens is 1. The van der Waals surface area contributed by atoms with E-state index in [1.807, 2.05) is 30.3 Å². The lowest BCUT2D eigenvalue weighted by atomic mass is 9.88. The fourth-order valence-electron chi connectivity index (χ4n) is 3.62. The second-order valence-corrected chi connectivity index (χ2v) is 8.27. The zero-order valence-corrected chi connectivity index (χ0v) is 14.5. The minimum absolute atomic E-state index is 0.0153. The third kappa shape index (κ3) is 3.18. The van der Waals surface area contributed by atoms with Crippen molar-refractivity contribution >= 4 is 15.9 Å². The Kier molecular flexibility index (Phi) is 4.07. The third-order valence-electron chi connectivity index (χ3n) is 4.91. The maximum Gasteiger partial charge on any atom is 0.256 e. The highest BCUT2D eigenvalue weighted by Gasteiger charge is 2.33. The first kappa shape index (κ1) is 16.3. The lowest BCUT2D eigenvalue weighted by Crippen LogP contribution is -2.46. The van der Waals surface area contributed by atoms with Gasteiger partial charge in [0.25, 0.3) is 10.0 Å². The van der Waals surface area contributed by atoms with E-state index in [1.54, 1.807) is 12.1 Å². The number of hydrogen-bond acceptors (Lipinski definition) is 3. The van der Waals surface area contributed by atoms with E-state index in [4.69, 9.17) is 0 Å². The van der Waals surface area contributed by atoms with Crippen LogP contribution >= 0.6 is 0 Å². The van der Waals surface area contributed by atoms with Crippen molar-refractivity contribution in [1.29, 1.82) is 0 Å². The molecule has 2 aromatic rings. The summed E-state index contributed by atoms with van der Waals surface area (Å²) in [7, 11) is -3.35. The van der Waals surface area contributed by atoms with Crippen LogP contribution in [0.3, 0.4) is 0 Å². The Balaban J connectivity index is 1.68. The number of benzene rings is 2. The van der Waals surface area contributed by atoms with E-state index >= 15 is 0 Å². The molecule has 1 unspecified atom stereocenters. The van der Waals surface area contributed by atoms with Crippen LogP contribution in [0.15, 0.2) is 52.9 Å². The van der Waals surface area contributed by atoms with Crippen LogP contribution in [-0.4, -0.2) is 38.0 Å². The zero-order chi connectivity index (χ0) is 17.4. The summed E-state index contributed by atoms with van der Waals surface area (Å²) in [5.41, 5.74) is 2.41. The first-order valence-corrected chi connectivity index (χ1v) is 10.1. The molecule has 0 radical (unpaired) electrons. The van der Waals surface area contributed by atoms with Crippen LogP contribution in [0.25, 0.3) is 11.1 Å². The van der Waals surface area contributed by atoms with Crippen LogP contribution in [0.5, 0.6) is 0 Å². The minimum Gasteiger partial charge on any atom is -0.358 e. The van der Waals surface area contributed by atoms with E-state index in [1.165, 1.54) is 6.07 Å². The Morgan fingerprint density at radius 1 is 1.04 bits per heavy atom. The highest BCUT2D eigenvalue weighted by atomic mass is 32.2. The van der Waals surface area contributed by atoms with E-state index in [-0.39, 0.29) is 17.5 Å². The largest absolute Gasteiger partial charge is 0.358 e. The number of nitrogens with zero attached hydrogens (tertiary/aromatic N) is 2. The number of piperidine rings is 1. The summed E-state index contributed by atoms with van der Waals surface area (Å²) in [6, 6.07) is 14.4. The van der Waals surface area contributed by atoms with Crippen molar-refractivity contribution in [2.24, 2.45) is 4.40 Å². The van der Waals surface area contributed by atoms with E-state index in [0.29, 0.717) is 17.9 Å². The topological polar surface area (TPSA) is 49.7 Å². The molecule has 0 amide bonds. The summed E-state index contributed by atoms with van der Waals surface area (Å²) in [6.07, 6.45) is 1.89. The lowest BCUT2D eigenvalue weighted by Gasteiger charge is -2.37. The average Bonchev–Trinajstić information content (AvgIpc) is 2.61. The summed E-state index contributed by atoms with van der Waals surface area (Å²) < 4.78 is 41.8. The standard InChI is InChI=1S/C19H19FN2O2S/c20-18-6-2-1-4-16(18)14-7-9-15(10-8-14)17-5-3-11-22-12-13-25(23,24)21-19(17)22/h1-2,4,6-10,17H,3,5,11-13H2. The summed E-state index contributed by atoms with van der Waals surface area (Å²) in [4.78, 5) is 2.08. The van der Waals surface area contributed by atoms with Crippen molar-refractivity contribution in [2.45, 2.75) is 18.8 Å². The summed E-state index contributed by atoms with van der Waals surface area (Å²) >= 11 is 0. The fourth-order valence-corrected chi connectivity index (χ4v) is 4.69. The molecule has 0 bridgehead atoms. The average molecular weight is 358 g/mol. The molecule has 2 heterocycles. The van der Waals surface area contributed by atoms with Gasteiger partial charge >= 0.3 is 0 Å². The van der Waals surface area contributed by atoms with Gasteiger partial charge in [0, 0.05) is 24.6 Å². The molecule has 6 heteroatoms. The first-order valence-electron chi connectivity index (χ1n) is 8.46. The molecule has 0 spiro atoms. The van der Waals surface area contributed by atoms with Crippen LogP contribution in [0.4, 0.5) is 4.39 Å². The molecule has 1 fully saturated rings. The van der Waals surface area contributed by atoms with Crippen LogP contribution < -0.4 is 0 Å². The summed E-state index contributed by atoms with van der Waals surface area (Å²) in [6.45, 7) is 1.38. The summed E-state index contributed by atoms with van der Waals surface area (Å²) in [5.74, 6) is 0.492. The monoisotopic (exact) mass is 358 g/mol. The Morgan fingerprint density at radius 2 is 1.80 bits per heavy atom. The minimum atomic E-state index is -3.35. The SMILES string of the molecule is O=S1(=O)CCN2CCCC(c3ccc(-c4ccccc4F)cc3)C2=N1. The smallest absolute Gasteiger partial charge is 0.256 e. The molecule has 0 N–H and O–H groups in total. The molecule has 1 atom stereocenters. The molecule has 0 aliphatic carbocycles. The predicted octanol–water partition coefficient (Wildman–Crippen LogP) is 3.41. The van der Waals surface area contributed by atoms with Gasteiger partial charge in [-0.2, -0.15) is 0 Å². The fraction of sp³-hybridized carbons (Fsp3) is 0.316. The van der Waals surface area contributed by atoms with Gasteiger partial charge in [-0.15, -0.1) is 4.40 Å². The van der Waals surface area contributed by atoms with Crippen molar-refractivity contribution in [3.63, 3.8) is 0 Å². The third-order valence-corrected chi connectivity index (χ3v) is 6.07. The van der Waals surface area contributed by atoms with Crippen LogP contribution in [-0.2, 0) is 10.0 Å². The molecule has 130 valence electrons. The Labute approximate surface area is 147 Å². The van der Waals surface area contributed by atoms with Gasteiger partial charge in [-0.05, 0) is 30.0 Å². The van der Waals surface area contributed by atoms with Gasteiger partial charge in [0.15, 0.2) is 0 Å². The van der Waals surface area contributed by atoms with Crippen molar-refractivity contribution in [1.82, 2.24) is 4.90 Å². The number of sulfonamides is 1. The molecular formula is C19H19FN2O2S. The number of amidine groups is 1. The van der Waals surface area contributed by atoms with E-state index in [9.17, 15) is 12.8 Å². The molecule has 0 saturated carbocycles. The second-order valence-electron chi connectivity index (χ2n) is 6.52. The molecule has 25 heavy (non-hydrogen) atoms. The van der Waals surface area contributed by atoms with Crippen molar-refractivity contribution in [3.05, 3.63) is 59.9 Å². The second kappa shape index (κ2) is 6.26.